The molecule has 0 aromatic rings. The van der Waals surface area contributed by atoms with Gasteiger partial charge in [0.1, 0.15) is 0 Å². The average molecular weight is 311 g/mol. The lowest BCUT2D eigenvalue weighted by Crippen LogP contribution is -2.48. The van der Waals surface area contributed by atoms with Crippen LogP contribution in [-0.2, 0) is 0 Å². The van der Waals surface area contributed by atoms with E-state index in [0.29, 0.717) is 16.2 Å². The lowest BCUT2D eigenvalue weighted by Gasteiger charge is -2.57. The third kappa shape index (κ3) is 5.27. The molecule has 0 fully saturated rings. The fourth-order valence-electron chi connectivity index (χ4n) is 4.34. The van der Waals surface area contributed by atoms with Crippen LogP contribution in [0, 0.1) is 22.2 Å². The van der Waals surface area contributed by atoms with Gasteiger partial charge in [-0.1, -0.05) is 101 Å². The highest BCUT2D eigenvalue weighted by Crippen LogP contribution is 2.60. The molecule has 0 aliphatic carbocycles. The smallest absolute Gasteiger partial charge is 0.0221 e. The molecule has 0 aromatic heterocycles. The van der Waals surface area contributed by atoms with Gasteiger partial charge in [0.25, 0.3) is 0 Å². The van der Waals surface area contributed by atoms with Crippen molar-refractivity contribution in [2.24, 2.45) is 22.2 Å². The monoisotopic (exact) mass is 310 g/mol. The summed E-state index contributed by atoms with van der Waals surface area (Å²) in [4.78, 5) is 0. The second-order valence-electron chi connectivity index (χ2n) is 9.27. The van der Waals surface area contributed by atoms with Crippen LogP contribution in [0.4, 0.5) is 0 Å². The van der Waals surface area contributed by atoms with Crippen molar-refractivity contribution in [2.75, 3.05) is 0 Å². The van der Waals surface area contributed by atoms with Crippen molar-refractivity contribution in [3.8, 4) is 0 Å². The third-order valence-corrected chi connectivity index (χ3v) is 7.07. The molecule has 0 radical (unpaired) electrons. The second kappa shape index (κ2) is 9.33. The molecule has 0 aliphatic rings. The highest BCUT2D eigenvalue weighted by Gasteiger charge is 2.51. The van der Waals surface area contributed by atoms with Crippen LogP contribution in [0.2, 0.25) is 0 Å². The molecular formula is C22H46. The van der Waals surface area contributed by atoms with Gasteiger partial charge in [-0.15, -0.1) is 0 Å². The van der Waals surface area contributed by atoms with Crippen molar-refractivity contribution in [2.45, 2.75) is 120 Å². The Labute approximate surface area is 142 Å². The molecule has 2 unspecified atom stereocenters. The summed E-state index contributed by atoms with van der Waals surface area (Å²) in [6, 6.07) is 0. The van der Waals surface area contributed by atoms with Crippen LogP contribution in [-0.4, -0.2) is 0 Å². The van der Waals surface area contributed by atoms with Crippen molar-refractivity contribution < 1.29 is 0 Å². The Morgan fingerprint density at radius 2 is 1.23 bits per heavy atom. The Morgan fingerprint density at radius 1 is 0.727 bits per heavy atom. The average Bonchev–Trinajstić information content (AvgIpc) is 2.47. The van der Waals surface area contributed by atoms with Gasteiger partial charge in [0, 0.05) is 0 Å². The minimum atomic E-state index is 0.427. The van der Waals surface area contributed by atoms with E-state index in [9.17, 15) is 0 Å². The molecule has 0 saturated heterocycles. The Hall–Kier alpha value is 0. The van der Waals surface area contributed by atoms with Crippen LogP contribution < -0.4 is 0 Å². The van der Waals surface area contributed by atoms with Crippen LogP contribution >= 0.6 is 0 Å². The summed E-state index contributed by atoms with van der Waals surface area (Å²) in [7, 11) is 0. The largest absolute Gasteiger partial charge is 0.0654 e. The van der Waals surface area contributed by atoms with E-state index in [1.807, 2.05) is 0 Å². The van der Waals surface area contributed by atoms with Crippen LogP contribution in [0.15, 0.2) is 0 Å². The van der Waals surface area contributed by atoms with E-state index in [4.69, 9.17) is 0 Å². The zero-order valence-corrected chi connectivity index (χ0v) is 17.4. The van der Waals surface area contributed by atoms with E-state index in [1.54, 1.807) is 0 Å². The van der Waals surface area contributed by atoms with Gasteiger partial charge in [-0.25, -0.2) is 0 Å². The summed E-state index contributed by atoms with van der Waals surface area (Å²) in [5.74, 6) is 0.814. The summed E-state index contributed by atoms with van der Waals surface area (Å²) < 4.78 is 0. The molecule has 0 saturated carbocycles. The first-order valence-corrected chi connectivity index (χ1v) is 10.1. The Morgan fingerprint density at radius 3 is 1.64 bits per heavy atom. The minimum absolute atomic E-state index is 0.427. The molecule has 0 heteroatoms. The second-order valence-corrected chi connectivity index (χ2v) is 9.27. The fraction of sp³-hybridized carbons (Fsp3) is 1.00. The zero-order chi connectivity index (χ0) is 17.4. The predicted molar refractivity (Wildman–Crippen MR) is 103 cm³/mol. The lowest BCUT2D eigenvalue weighted by molar-refractivity contribution is -0.0727. The quantitative estimate of drug-likeness (QED) is 0.340. The zero-order valence-electron chi connectivity index (χ0n) is 17.4. The fourth-order valence-corrected chi connectivity index (χ4v) is 4.34. The molecule has 0 N–H and O–H groups in total. The van der Waals surface area contributed by atoms with Crippen LogP contribution in [0.5, 0.6) is 0 Å². The molecule has 22 heavy (non-hydrogen) atoms. The molecule has 0 rings (SSSR count). The molecule has 134 valence electrons. The molecule has 0 spiro atoms. The van der Waals surface area contributed by atoms with Crippen molar-refractivity contribution in [1.82, 2.24) is 0 Å². The first-order valence-electron chi connectivity index (χ1n) is 10.1. The van der Waals surface area contributed by atoms with E-state index in [2.05, 4.69) is 62.3 Å². The van der Waals surface area contributed by atoms with Gasteiger partial charge in [-0.3, -0.25) is 0 Å². The van der Waals surface area contributed by atoms with Gasteiger partial charge in [0.15, 0.2) is 0 Å². The maximum absolute atomic E-state index is 2.63. The molecule has 0 aromatic carbocycles. The number of rotatable bonds is 12. The number of hydrogen-bond donors (Lipinski definition) is 0. The maximum atomic E-state index is 2.63. The summed E-state index contributed by atoms with van der Waals surface area (Å²) in [5.41, 5.74) is 1.33. The van der Waals surface area contributed by atoms with Gasteiger partial charge in [0.2, 0.25) is 0 Å². The molecule has 0 amide bonds. The summed E-state index contributed by atoms with van der Waals surface area (Å²) in [6.07, 6.45) is 12.2. The molecule has 0 nitrogen and oxygen atoms in total. The van der Waals surface area contributed by atoms with Gasteiger partial charge >= 0.3 is 0 Å². The van der Waals surface area contributed by atoms with Crippen molar-refractivity contribution in [3.05, 3.63) is 0 Å². The van der Waals surface area contributed by atoms with E-state index in [0.717, 1.165) is 5.92 Å². The van der Waals surface area contributed by atoms with E-state index in [-0.39, 0.29) is 0 Å². The normalized spacial score (nSPS) is 18.3. The van der Waals surface area contributed by atoms with E-state index >= 15 is 0 Å². The molecule has 0 bridgehead atoms. The first-order chi connectivity index (χ1) is 10.1. The SMILES string of the molecule is CCCCC(C)(C)C(C)(CCC(C)C)C(C)(CC)CCCC. The molecule has 0 heterocycles. The summed E-state index contributed by atoms with van der Waals surface area (Å²) >= 11 is 0. The van der Waals surface area contributed by atoms with E-state index < -0.39 is 0 Å². The lowest BCUT2D eigenvalue weighted by atomic mass is 9.48. The van der Waals surface area contributed by atoms with Crippen molar-refractivity contribution in [3.63, 3.8) is 0 Å². The van der Waals surface area contributed by atoms with Gasteiger partial charge < -0.3 is 0 Å². The highest BCUT2D eigenvalue weighted by atomic mass is 14.6. The first kappa shape index (κ1) is 22.0. The van der Waals surface area contributed by atoms with E-state index in [1.165, 1.54) is 57.8 Å². The topological polar surface area (TPSA) is 0 Å². The van der Waals surface area contributed by atoms with Crippen LogP contribution in [0.1, 0.15) is 120 Å². The van der Waals surface area contributed by atoms with Crippen LogP contribution in [0.3, 0.4) is 0 Å². The van der Waals surface area contributed by atoms with Crippen molar-refractivity contribution in [1.29, 1.82) is 0 Å². The van der Waals surface area contributed by atoms with Gasteiger partial charge in [-0.2, -0.15) is 0 Å². The Bertz CT molecular complexity index is 288. The molecule has 2 atom stereocenters. The molecule has 0 aliphatic heterocycles. The van der Waals surface area contributed by atoms with Gasteiger partial charge in [-0.05, 0) is 41.4 Å². The highest BCUT2D eigenvalue weighted by molar-refractivity contribution is 5.00. The third-order valence-electron chi connectivity index (χ3n) is 7.07. The predicted octanol–water partition coefficient (Wildman–Crippen LogP) is 8.25. The van der Waals surface area contributed by atoms with Crippen LogP contribution in [0.25, 0.3) is 0 Å². The standard InChI is InChI=1S/C22H46/c1-10-13-16-20(6,7)22(9,18-15-19(4)5)21(8,12-3)17-14-11-2/h19H,10-18H2,1-9H3. The van der Waals surface area contributed by atoms with Crippen molar-refractivity contribution >= 4 is 0 Å². The summed E-state index contributed by atoms with van der Waals surface area (Å²) in [6.45, 7) is 22.2. The van der Waals surface area contributed by atoms with Gasteiger partial charge in [0.05, 0.1) is 0 Å². The number of unbranched alkanes of at least 4 members (excludes halogenated alkanes) is 2. The maximum Gasteiger partial charge on any atom is -0.0221 e. The molecular weight excluding hydrogens is 264 g/mol. The Kier molecular flexibility index (Phi) is 9.33. The minimum Gasteiger partial charge on any atom is -0.0654 e. The summed E-state index contributed by atoms with van der Waals surface area (Å²) in [5, 5.41) is 0. The Balaban J connectivity index is 5.54. The number of hydrogen-bond acceptors (Lipinski definition) is 0.